The van der Waals surface area contributed by atoms with Crippen LogP contribution < -0.4 is 5.32 Å². The van der Waals surface area contributed by atoms with Crippen LogP contribution in [0.25, 0.3) is 11.1 Å². The second-order valence-corrected chi connectivity index (χ2v) is 9.22. The van der Waals surface area contributed by atoms with Gasteiger partial charge in [-0.3, -0.25) is 9.59 Å². The number of carbonyl (C=O) groups is 3. The standard InChI is InChI=1S/C26H28N2O5/c29-24(30)11-12-28(17-9-10-17)25(31)22-13-16(22)14-27-26(32)33-15-23-20-7-3-1-5-18(20)19-6-2-4-8-21(19)23/h1-8,16-17,22-23H,9-15H2,(H,27,32)(H,29,30)/t16-,22-/m0/s1. The van der Waals surface area contributed by atoms with Crippen LogP contribution in [0.4, 0.5) is 4.79 Å². The van der Waals surface area contributed by atoms with Crippen LogP contribution in [-0.2, 0) is 14.3 Å². The van der Waals surface area contributed by atoms with E-state index < -0.39 is 12.1 Å². The summed E-state index contributed by atoms with van der Waals surface area (Å²) < 4.78 is 5.56. The highest BCUT2D eigenvalue weighted by atomic mass is 16.5. The molecule has 7 heteroatoms. The van der Waals surface area contributed by atoms with E-state index >= 15 is 0 Å². The minimum Gasteiger partial charge on any atom is -0.481 e. The maximum Gasteiger partial charge on any atom is 0.407 e. The lowest BCUT2D eigenvalue weighted by Gasteiger charge is -2.22. The van der Waals surface area contributed by atoms with Crippen molar-refractivity contribution in [1.82, 2.24) is 10.2 Å². The molecule has 5 rings (SSSR count). The van der Waals surface area contributed by atoms with E-state index in [1.165, 1.54) is 22.3 Å². The lowest BCUT2D eigenvalue weighted by Crippen LogP contribution is -2.37. The Bertz CT molecular complexity index is 1030. The molecule has 3 aliphatic rings. The summed E-state index contributed by atoms with van der Waals surface area (Å²) in [6, 6.07) is 16.6. The zero-order valence-corrected chi connectivity index (χ0v) is 18.4. The van der Waals surface area contributed by atoms with Crippen LogP contribution in [0.2, 0.25) is 0 Å². The third-order valence-electron chi connectivity index (χ3n) is 6.93. The summed E-state index contributed by atoms with van der Waals surface area (Å²) in [5, 5.41) is 11.7. The SMILES string of the molecule is O=C(O)CCN(C(=O)[C@H]1C[C@H]1CNC(=O)OCC1c2ccccc2-c2ccccc21)C1CC1. The van der Waals surface area contributed by atoms with Crippen LogP contribution in [0, 0.1) is 11.8 Å². The van der Waals surface area contributed by atoms with Gasteiger partial charge in [0.05, 0.1) is 6.42 Å². The maximum atomic E-state index is 12.8. The van der Waals surface area contributed by atoms with Crippen LogP contribution in [0.15, 0.2) is 48.5 Å². The number of fused-ring (bicyclic) bond motifs is 3. The van der Waals surface area contributed by atoms with Gasteiger partial charge in [0, 0.05) is 31.0 Å². The van der Waals surface area contributed by atoms with Gasteiger partial charge in [-0.05, 0) is 47.4 Å². The average Bonchev–Trinajstić information content (AvgIpc) is 3.74. The van der Waals surface area contributed by atoms with Gasteiger partial charge in [0.2, 0.25) is 5.91 Å². The molecule has 2 aromatic rings. The molecule has 7 nitrogen and oxygen atoms in total. The highest BCUT2D eigenvalue weighted by molar-refractivity contribution is 5.83. The minimum atomic E-state index is -0.891. The van der Waals surface area contributed by atoms with Gasteiger partial charge in [-0.1, -0.05) is 48.5 Å². The van der Waals surface area contributed by atoms with Crippen molar-refractivity contribution in [3.8, 4) is 11.1 Å². The monoisotopic (exact) mass is 448 g/mol. The molecule has 0 bridgehead atoms. The number of hydrogen-bond acceptors (Lipinski definition) is 4. The second kappa shape index (κ2) is 8.89. The van der Waals surface area contributed by atoms with E-state index in [1.54, 1.807) is 4.90 Å². The number of carbonyl (C=O) groups excluding carboxylic acids is 2. The number of carboxylic acids is 1. The third kappa shape index (κ3) is 4.58. The third-order valence-corrected chi connectivity index (χ3v) is 6.93. The van der Waals surface area contributed by atoms with Crippen LogP contribution in [-0.4, -0.2) is 53.7 Å². The van der Waals surface area contributed by atoms with E-state index in [2.05, 4.69) is 29.6 Å². The molecule has 0 spiro atoms. The number of benzene rings is 2. The van der Waals surface area contributed by atoms with Crippen molar-refractivity contribution < 1.29 is 24.2 Å². The summed E-state index contributed by atoms with van der Waals surface area (Å²) in [5.74, 6) is -0.895. The van der Waals surface area contributed by atoms with Crippen LogP contribution in [0.5, 0.6) is 0 Å². The summed E-state index contributed by atoms with van der Waals surface area (Å²) in [7, 11) is 0. The minimum absolute atomic E-state index is 0.0136. The highest BCUT2D eigenvalue weighted by Crippen LogP contribution is 2.45. The molecule has 0 heterocycles. The zero-order valence-electron chi connectivity index (χ0n) is 18.4. The number of alkyl carbamates (subject to hydrolysis) is 1. The van der Waals surface area contributed by atoms with Gasteiger partial charge in [-0.2, -0.15) is 0 Å². The first-order valence-corrected chi connectivity index (χ1v) is 11.6. The van der Waals surface area contributed by atoms with E-state index in [-0.39, 0.29) is 49.3 Å². The Balaban J connectivity index is 1.11. The van der Waals surface area contributed by atoms with Crippen molar-refractivity contribution in [3.63, 3.8) is 0 Å². The highest BCUT2D eigenvalue weighted by Gasteiger charge is 2.47. The summed E-state index contributed by atoms with van der Waals surface area (Å²) in [4.78, 5) is 37.8. The van der Waals surface area contributed by atoms with Gasteiger partial charge in [-0.25, -0.2) is 4.79 Å². The molecule has 0 aliphatic heterocycles. The first kappa shape index (κ1) is 21.5. The second-order valence-electron chi connectivity index (χ2n) is 9.22. The molecule has 3 aliphatic carbocycles. The first-order valence-electron chi connectivity index (χ1n) is 11.6. The largest absolute Gasteiger partial charge is 0.481 e. The molecule has 33 heavy (non-hydrogen) atoms. The van der Waals surface area contributed by atoms with Gasteiger partial charge in [-0.15, -0.1) is 0 Å². The quantitative estimate of drug-likeness (QED) is 0.611. The Morgan fingerprint density at radius 2 is 1.64 bits per heavy atom. The van der Waals surface area contributed by atoms with Gasteiger partial charge in [0.1, 0.15) is 6.61 Å². The fourth-order valence-electron chi connectivity index (χ4n) is 4.93. The van der Waals surface area contributed by atoms with Crippen molar-refractivity contribution in [3.05, 3.63) is 59.7 Å². The van der Waals surface area contributed by atoms with Crippen molar-refractivity contribution in [2.24, 2.45) is 11.8 Å². The molecule has 2 N–H and O–H groups in total. The van der Waals surface area contributed by atoms with Crippen molar-refractivity contribution in [2.45, 2.75) is 37.6 Å². The summed E-state index contributed by atoms with van der Waals surface area (Å²) in [5.41, 5.74) is 4.70. The van der Waals surface area contributed by atoms with Crippen LogP contribution >= 0.6 is 0 Å². The molecule has 2 amide bonds. The Kier molecular flexibility index (Phi) is 5.79. The van der Waals surface area contributed by atoms with Crippen LogP contribution in [0.3, 0.4) is 0 Å². The maximum absolute atomic E-state index is 12.8. The number of ether oxygens (including phenoxy) is 1. The number of carboxylic acid groups (broad SMARTS) is 1. The van der Waals surface area contributed by atoms with Crippen LogP contribution in [0.1, 0.15) is 42.7 Å². The Labute approximate surface area is 192 Å². The normalized spacial score (nSPS) is 20.5. The van der Waals surface area contributed by atoms with E-state index in [0.29, 0.717) is 6.54 Å². The van der Waals surface area contributed by atoms with Gasteiger partial charge < -0.3 is 20.1 Å². The molecular formula is C26H28N2O5. The van der Waals surface area contributed by atoms with Crippen molar-refractivity contribution >= 4 is 18.0 Å². The smallest absolute Gasteiger partial charge is 0.407 e. The number of rotatable bonds is 9. The molecule has 0 aromatic heterocycles. The van der Waals surface area contributed by atoms with E-state index in [9.17, 15) is 14.4 Å². The topological polar surface area (TPSA) is 95.9 Å². The molecular weight excluding hydrogens is 420 g/mol. The number of amides is 2. The Hall–Kier alpha value is -3.35. The zero-order chi connectivity index (χ0) is 22.9. The number of hydrogen-bond donors (Lipinski definition) is 2. The predicted octanol–water partition coefficient (Wildman–Crippen LogP) is 3.63. The van der Waals surface area contributed by atoms with E-state index in [4.69, 9.17) is 9.84 Å². The average molecular weight is 449 g/mol. The number of nitrogens with one attached hydrogen (secondary N) is 1. The van der Waals surface area contributed by atoms with Gasteiger partial charge in [0.15, 0.2) is 0 Å². The van der Waals surface area contributed by atoms with Crippen molar-refractivity contribution in [2.75, 3.05) is 19.7 Å². The predicted molar refractivity (Wildman–Crippen MR) is 122 cm³/mol. The fourth-order valence-corrected chi connectivity index (χ4v) is 4.93. The van der Waals surface area contributed by atoms with E-state index in [1.807, 2.05) is 24.3 Å². The molecule has 0 saturated heterocycles. The molecule has 172 valence electrons. The molecule has 0 radical (unpaired) electrons. The summed E-state index contributed by atoms with van der Waals surface area (Å²) in [6.45, 7) is 0.921. The molecule has 2 saturated carbocycles. The number of nitrogens with zero attached hydrogens (tertiary/aromatic N) is 1. The Morgan fingerprint density at radius 3 is 2.24 bits per heavy atom. The molecule has 2 aromatic carbocycles. The van der Waals surface area contributed by atoms with Gasteiger partial charge in [0.25, 0.3) is 0 Å². The fraction of sp³-hybridized carbons (Fsp3) is 0.423. The molecule has 0 unspecified atom stereocenters. The lowest BCUT2D eigenvalue weighted by atomic mass is 9.98. The lowest BCUT2D eigenvalue weighted by molar-refractivity contribution is -0.139. The van der Waals surface area contributed by atoms with Crippen molar-refractivity contribution in [1.29, 1.82) is 0 Å². The Morgan fingerprint density at radius 1 is 1.00 bits per heavy atom. The summed E-state index contributed by atoms with van der Waals surface area (Å²) >= 11 is 0. The molecule has 2 atom stereocenters. The van der Waals surface area contributed by atoms with E-state index in [0.717, 1.165) is 19.3 Å². The summed E-state index contributed by atoms with van der Waals surface area (Å²) in [6.07, 6.45) is 2.11. The first-order chi connectivity index (χ1) is 16.0. The number of aliphatic carboxylic acids is 1. The molecule has 2 fully saturated rings. The van der Waals surface area contributed by atoms with Gasteiger partial charge >= 0.3 is 12.1 Å².